The molecule has 1 aliphatic rings. The van der Waals surface area contributed by atoms with Gasteiger partial charge in [0, 0.05) is 29.1 Å². The third kappa shape index (κ3) is 3.12. The molecule has 0 spiro atoms. The summed E-state index contributed by atoms with van der Waals surface area (Å²) in [6.07, 6.45) is 0.515. The Morgan fingerprint density at radius 3 is 2.95 bits per heavy atom. The van der Waals surface area contributed by atoms with Crippen LogP contribution in [0.4, 0.5) is 4.39 Å². The number of fused-ring (bicyclic) bond motifs is 1. The molecule has 2 N–H and O–H groups in total. The van der Waals surface area contributed by atoms with E-state index in [9.17, 15) is 4.39 Å². The monoisotopic (exact) mass is 307 g/mol. The third-order valence-corrected chi connectivity index (χ3v) is 3.67. The number of benzene rings is 2. The van der Waals surface area contributed by atoms with Crippen molar-refractivity contribution in [2.24, 2.45) is 5.73 Å². The second-order valence-corrected chi connectivity index (χ2v) is 5.40. The number of nitrogens with two attached hydrogens (primary N) is 1. The highest BCUT2D eigenvalue weighted by atomic mass is 35.5. The average Bonchev–Trinajstić information content (AvgIpc) is 2.87. The number of rotatable bonds is 4. The number of ether oxygens (including phenoxy) is 2. The van der Waals surface area contributed by atoms with Gasteiger partial charge in [-0.05, 0) is 36.4 Å². The molecule has 2 aromatic rings. The molecule has 0 saturated carbocycles. The minimum atomic E-state index is -0.248. The van der Waals surface area contributed by atoms with Gasteiger partial charge < -0.3 is 15.2 Å². The van der Waals surface area contributed by atoms with Crippen molar-refractivity contribution in [3.05, 3.63) is 58.4 Å². The Morgan fingerprint density at radius 2 is 2.14 bits per heavy atom. The van der Waals surface area contributed by atoms with Crippen LogP contribution in [0.15, 0.2) is 36.4 Å². The van der Waals surface area contributed by atoms with E-state index in [0.29, 0.717) is 30.3 Å². The number of halogens is 2. The first-order valence-corrected chi connectivity index (χ1v) is 7.10. The molecular weight excluding hydrogens is 293 g/mol. The first-order valence-electron chi connectivity index (χ1n) is 6.72. The van der Waals surface area contributed by atoms with Crippen LogP contribution in [-0.4, -0.2) is 12.7 Å². The zero-order valence-electron chi connectivity index (χ0n) is 11.3. The van der Waals surface area contributed by atoms with Gasteiger partial charge in [-0.2, -0.15) is 0 Å². The summed E-state index contributed by atoms with van der Waals surface area (Å²) in [5.41, 5.74) is 7.40. The van der Waals surface area contributed by atoms with Crippen LogP contribution in [-0.2, 0) is 13.0 Å². The van der Waals surface area contributed by atoms with E-state index in [4.69, 9.17) is 26.8 Å². The molecule has 0 amide bonds. The van der Waals surface area contributed by atoms with Gasteiger partial charge in [-0.15, -0.1) is 0 Å². The Balaban J connectivity index is 1.65. The maximum absolute atomic E-state index is 13.2. The van der Waals surface area contributed by atoms with E-state index in [-0.39, 0.29) is 11.9 Å². The largest absolute Gasteiger partial charge is 0.489 e. The minimum Gasteiger partial charge on any atom is -0.489 e. The van der Waals surface area contributed by atoms with Gasteiger partial charge >= 0.3 is 0 Å². The van der Waals surface area contributed by atoms with Gasteiger partial charge in [0.15, 0.2) is 0 Å². The smallest absolute Gasteiger partial charge is 0.137 e. The Morgan fingerprint density at radius 1 is 1.29 bits per heavy atom. The molecule has 0 aromatic heterocycles. The summed E-state index contributed by atoms with van der Waals surface area (Å²) in [5.74, 6) is 1.18. The predicted molar refractivity (Wildman–Crippen MR) is 79.4 cm³/mol. The van der Waals surface area contributed by atoms with Crippen LogP contribution in [0.1, 0.15) is 11.1 Å². The van der Waals surface area contributed by atoms with Gasteiger partial charge in [0.25, 0.3) is 0 Å². The van der Waals surface area contributed by atoms with Crippen molar-refractivity contribution in [2.75, 3.05) is 6.61 Å². The molecule has 1 atom stereocenters. The van der Waals surface area contributed by atoms with Crippen LogP contribution in [0.5, 0.6) is 11.5 Å². The van der Waals surface area contributed by atoms with E-state index >= 15 is 0 Å². The first-order chi connectivity index (χ1) is 10.2. The molecule has 0 aliphatic carbocycles. The fourth-order valence-corrected chi connectivity index (χ4v) is 2.61. The second-order valence-electron chi connectivity index (χ2n) is 4.96. The maximum atomic E-state index is 13.2. The number of hydrogen-bond donors (Lipinski definition) is 1. The average molecular weight is 308 g/mol. The van der Waals surface area contributed by atoms with Crippen LogP contribution >= 0.6 is 11.6 Å². The SMILES string of the molecule is NCc1cc(Cl)ccc1OCC1Cc2cc(F)ccc2O1. The third-order valence-electron chi connectivity index (χ3n) is 3.43. The van der Waals surface area contributed by atoms with Gasteiger partial charge in [-0.25, -0.2) is 4.39 Å². The Bertz CT molecular complexity index is 663. The molecule has 2 aromatic carbocycles. The molecule has 21 heavy (non-hydrogen) atoms. The van der Waals surface area contributed by atoms with Crippen molar-refractivity contribution in [1.29, 1.82) is 0 Å². The lowest BCUT2D eigenvalue weighted by molar-refractivity contribution is 0.148. The van der Waals surface area contributed by atoms with E-state index in [2.05, 4.69) is 0 Å². The molecule has 3 rings (SSSR count). The lowest BCUT2D eigenvalue weighted by atomic mass is 10.1. The summed E-state index contributed by atoms with van der Waals surface area (Å²) in [6.45, 7) is 0.734. The van der Waals surface area contributed by atoms with Crippen molar-refractivity contribution in [2.45, 2.75) is 19.1 Å². The Hall–Kier alpha value is -1.78. The first kappa shape index (κ1) is 14.2. The minimum absolute atomic E-state index is 0.122. The molecule has 3 nitrogen and oxygen atoms in total. The molecular formula is C16H15ClFNO2. The highest BCUT2D eigenvalue weighted by Gasteiger charge is 2.24. The van der Waals surface area contributed by atoms with Crippen LogP contribution in [0.25, 0.3) is 0 Å². The van der Waals surface area contributed by atoms with Gasteiger partial charge in [-0.1, -0.05) is 11.6 Å². The molecule has 0 fully saturated rings. The van der Waals surface area contributed by atoms with E-state index in [1.165, 1.54) is 12.1 Å². The van der Waals surface area contributed by atoms with Crippen LogP contribution in [0.2, 0.25) is 5.02 Å². The predicted octanol–water partition coefficient (Wildman–Crippen LogP) is 3.32. The van der Waals surface area contributed by atoms with Crippen molar-refractivity contribution >= 4 is 11.6 Å². The zero-order valence-corrected chi connectivity index (χ0v) is 12.1. The zero-order chi connectivity index (χ0) is 14.8. The van der Waals surface area contributed by atoms with Gasteiger partial charge in [0.05, 0.1) is 0 Å². The number of hydrogen-bond acceptors (Lipinski definition) is 3. The Kier molecular flexibility index (Phi) is 3.99. The van der Waals surface area contributed by atoms with Crippen molar-refractivity contribution in [3.8, 4) is 11.5 Å². The van der Waals surface area contributed by atoms with Crippen LogP contribution in [0.3, 0.4) is 0 Å². The molecule has 110 valence electrons. The molecule has 5 heteroatoms. The van der Waals surface area contributed by atoms with E-state index in [1.807, 2.05) is 0 Å². The molecule has 1 heterocycles. The summed E-state index contributed by atoms with van der Waals surface area (Å²) in [4.78, 5) is 0. The summed E-state index contributed by atoms with van der Waals surface area (Å²) < 4.78 is 24.7. The van der Waals surface area contributed by atoms with E-state index < -0.39 is 0 Å². The van der Waals surface area contributed by atoms with Crippen molar-refractivity contribution in [3.63, 3.8) is 0 Å². The van der Waals surface area contributed by atoms with Crippen LogP contribution in [0, 0.1) is 5.82 Å². The van der Waals surface area contributed by atoms with Gasteiger partial charge in [-0.3, -0.25) is 0 Å². The van der Waals surface area contributed by atoms with Gasteiger partial charge in [0.1, 0.15) is 30.0 Å². The summed E-state index contributed by atoms with van der Waals surface area (Å²) in [7, 11) is 0. The summed E-state index contributed by atoms with van der Waals surface area (Å²) in [6, 6.07) is 9.90. The fraction of sp³-hybridized carbons (Fsp3) is 0.250. The summed E-state index contributed by atoms with van der Waals surface area (Å²) in [5, 5.41) is 0.628. The van der Waals surface area contributed by atoms with Crippen molar-refractivity contribution < 1.29 is 13.9 Å². The molecule has 0 radical (unpaired) electrons. The molecule has 0 saturated heterocycles. The van der Waals surface area contributed by atoms with E-state index in [1.54, 1.807) is 24.3 Å². The van der Waals surface area contributed by atoms with Gasteiger partial charge in [0.2, 0.25) is 0 Å². The molecule has 1 unspecified atom stereocenters. The standard InChI is InChI=1S/C16H15ClFNO2/c17-12-1-3-15(11(5-12)8-19)20-9-14-7-10-6-13(18)2-4-16(10)21-14/h1-6,14H,7-9,19H2. The topological polar surface area (TPSA) is 44.5 Å². The quantitative estimate of drug-likeness (QED) is 0.942. The normalized spacial score (nSPS) is 16.4. The molecule has 0 bridgehead atoms. The lowest BCUT2D eigenvalue weighted by Gasteiger charge is -2.14. The lowest BCUT2D eigenvalue weighted by Crippen LogP contribution is -2.22. The van der Waals surface area contributed by atoms with Crippen LogP contribution < -0.4 is 15.2 Å². The second kappa shape index (κ2) is 5.92. The molecule has 1 aliphatic heterocycles. The summed E-state index contributed by atoms with van der Waals surface area (Å²) >= 11 is 5.93. The van der Waals surface area contributed by atoms with Crippen molar-refractivity contribution in [1.82, 2.24) is 0 Å². The fourth-order valence-electron chi connectivity index (χ4n) is 2.41. The van der Waals surface area contributed by atoms with E-state index in [0.717, 1.165) is 16.9 Å². The maximum Gasteiger partial charge on any atom is 0.137 e. The highest BCUT2D eigenvalue weighted by molar-refractivity contribution is 6.30. The Labute approximate surface area is 127 Å². The highest BCUT2D eigenvalue weighted by Crippen LogP contribution is 2.30.